The number of aliphatic hydroxyl groups excluding tert-OH is 1. The van der Waals surface area contributed by atoms with Crippen LogP contribution in [0.15, 0.2) is 24.8 Å². The molecule has 1 heterocycles. The highest BCUT2D eigenvalue weighted by Crippen LogP contribution is 2.63. The quantitative estimate of drug-likeness (QED) is 0.627. The zero-order valence-corrected chi connectivity index (χ0v) is 14.0. The van der Waals surface area contributed by atoms with Crippen molar-refractivity contribution in [1.29, 1.82) is 0 Å². The molecule has 2 aliphatic carbocycles. The lowest BCUT2D eigenvalue weighted by Gasteiger charge is -2.58. The zero-order valence-electron chi connectivity index (χ0n) is 14.0. The Labute approximate surface area is 142 Å². The van der Waals surface area contributed by atoms with Gasteiger partial charge in [-0.25, -0.2) is 0 Å². The molecule has 0 saturated heterocycles. The van der Waals surface area contributed by atoms with Crippen LogP contribution in [0.4, 0.5) is 0 Å². The van der Waals surface area contributed by atoms with Crippen molar-refractivity contribution in [2.45, 2.75) is 61.9 Å². The summed E-state index contributed by atoms with van der Waals surface area (Å²) in [7, 11) is 0. The zero-order chi connectivity index (χ0) is 17.1. The SMILES string of the molecule is C=CCN[C@@H]1Cc2ccc(O)c3c2[C@@]2(CC)[C@@H](O3)[C@@H](O)CC[C@@]12O. The lowest BCUT2D eigenvalue weighted by Crippen LogP contribution is -2.73. The molecule has 4 rings (SSSR count). The summed E-state index contributed by atoms with van der Waals surface area (Å²) in [4.78, 5) is 0. The summed E-state index contributed by atoms with van der Waals surface area (Å²) in [6.45, 7) is 6.40. The highest BCUT2D eigenvalue weighted by atomic mass is 16.5. The minimum atomic E-state index is -1.03. The fraction of sp³-hybridized carbons (Fsp3) is 0.579. The van der Waals surface area contributed by atoms with Gasteiger partial charge in [-0.1, -0.05) is 19.1 Å². The molecule has 5 atom stereocenters. The summed E-state index contributed by atoms with van der Waals surface area (Å²) in [6.07, 6.45) is 2.91. The number of nitrogens with one attached hydrogen (secondary N) is 1. The molecule has 1 aliphatic heterocycles. The van der Waals surface area contributed by atoms with E-state index in [0.717, 1.165) is 11.1 Å². The monoisotopic (exact) mass is 331 g/mol. The first kappa shape index (κ1) is 15.9. The van der Waals surface area contributed by atoms with Crippen molar-refractivity contribution in [2.24, 2.45) is 0 Å². The molecule has 0 bridgehead atoms. The van der Waals surface area contributed by atoms with Crippen molar-refractivity contribution in [3.8, 4) is 11.5 Å². The summed E-state index contributed by atoms with van der Waals surface area (Å²) in [5.41, 5.74) is 0.242. The number of hydrogen-bond acceptors (Lipinski definition) is 5. The van der Waals surface area contributed by atoms with Crippen molar-refractivity contribution >= 4 is 0 Å². The van der Waals surface area contributed by atoms with Gasteiger partial charge in [-0.3, -0.25) is 0 Å². The molecule has 4 N–H and O–H groups in total. The standard InChI is InChI=1S/C19H25NO4/c1-3-9-20-14-10-11-5-6-12(21)16-15(11)18(4-2)17(24-16)13(22)7-8-19(14,18)23/h3,5-6,13-14,17,20-23H,1,4,7-10H2,2H3/t13-,14+,17-,18-,19+/m0/s1. The van der Waals surface area contributed by atoms with Gasteiger partial charge in [0.15, 0.2) is 11.5 Å². The van der Waals surface area contributed by atoms with Crippen LogP contribution in [-0.4, -0.2) is 45.7 Å². The third-order valence-electron chi connectivity index (χ3n) is 6.41. The Kier molecular flexibility index (Phi) is 3.46. The molecule has 0 aromatic heterocycles. The van der Waals surface area contributed by atoms with Gasteiger partial charge in [-0.05, 0) is 37.3 Å². The molecule has 130 valence electrons. The van der Waals surface area contributed by atoms with Crippen molar-refractivity contribution in [3.63, 3.8) is 0 Å². The van der Waals surface area contributed by atoms with Crippen LogP contribution in [0.5, 0.6) is 11.5 Å². The van der Waals surface area contributed by atoms with Crippen molar-refractivity contribution in [3.05, 3.63) is 35.9 Å². The Morgan fingerprint density at radius 3 is 2.96 bits per heavy atom. The third-order valence-corrected chi connectivity index (χ3v) is 6.41. The summed E-state index contributed by atoms with van der Waals surface area (Å²) >= 11 is 0. The first-order valence-corrected chi connectivity index (χ1v) is 8.76. The lowest BCUT2D eigenvalue weighted by atomic mass is 9.50. The summed E-state index contributed by atoms with van der Waals surface area (Å²) < 4.78 is 6.05. The second-order valence-corrected chi connectivity index (χ2v) is 7.30. The second kappa shape index (κ2) is 5.22. The highest BCUT2D eigenvalue weighted by molar-refractivity contribution is 5.61. The maximum absolute atomic E-state index is 11.8. The predicted octanol–water partition coefficient (Wildman–Crippen LogP) is 1.39. The second-order valence-electron chi connectivity index (χ2n) is 7.30. The highest BCUT2D eigenvalue weighted by Gasteiger charge is 2.69. The molecule has 0 radical (unpaired) electrons. The minimum Gasteiger partial charge on any atom is -0.504 e. The van der Waals surface area contributed by atoms with Crippen LogP contribution in [0, 0.1) is 0 Å². The van der Waals surface area contributed by atoms with Gasteiger partial charge in [0.1, 0.15) is 6.10 Å². The smallest absolute Gasteiger partial charge is 0.165 e. The maximum atomic E-state index is 11.8. The Morgan fingerprint density at radius 2 is 2.25 bits per heavy atom. The Morgan fingerprint density at radius 1 is 1.46 bits per heavy atom. The lowest BCUT2D eigenvalue weighted by molar-refractivity contribution is -0.166. The van der Waals surface area contributed by atoms with Gasteiger partial charge in [-0.15, -0.1) is 6.58 Å². The largest absolute Gasteiger partial charge is 0.504 e. The molecule has 0 spiro atoms. The van der Waals surface area contributed by atoms with Gasteiger partial charge < -0.3 is 25.4 Å². The molecule has 24 heavy (non-hydrogen) atoms. The van der Waals surface area contributed by atoms with E-state index in [0.29, 0.717) is 38.0 Å². The molecule has 1 aromatic rings. The molecule has 0 amide bonds. The number of benzene rings is 1. The van der Waals surface area contributed by atoms with Crippen LogP contribution in [0.25, 0.3) is 0 Å². The van der Waals surface area contributed by atoms with Gasteiger partial charge in [-0.2, -0.15) is 0 Å². The van der Waals surface area contributed by atoms with E-state index in [-0.39, 0.29) is 11.8 Å². The van der Waals surface area contributed by atoms with E-state index in [2.05, 4.69) is 11.9 Å². The number of ether oxygens (including phenoxy) is 1. The van der Waals surface area contributed by atoms with E-state index in [9.17, 15) is 15.3 Å². The van der Waals surface area contributed by atoms with E-state index < -0.39 is 23.2 Å². The Bertz CT molecular complexity index is 690. The molecule has 1 fully saturated rings. The van der Waals surface area contributed by atoms with Gasteiger partial charge in [0.25, 0.3) is 0 Å². The van der Waals surface area contributed by atoms with E-state index in [1.54, 1.807) is 12.1 Å². The van der Waals surface area contributed by atoms with Gasteiger partial charge in [0, 0.05) is 18.2 Å². The van der Waals surface area contributed by atoms with Crippen molar-refractivity contribution in [1.82, 2.24) is 5.32 Å². The van der Waals surface area contributed by atoms with Crippen molar-refractivity contribution < 1.29 is 20.1 Å². The average Bonchev–Trinajstić information content (AvgIpc) is 2.95. The average molecular weight is 331 g/mol. The first-order valence-electron chi connectivity index (χ1n) is 8.76. The number of aliphatic hydroxyl groups is 2. The molecule has 5 heteroatoms. The van der Waals surface area contributed by atoms with E-state index in [1.807, 2.05) is 13.0 Å². The van der Waals surface area contributed by atoms with Crippen LogP contribution in [0.3, 0.4) is 0 Å². The number of hydrogen-bond donors (Lipinski definition) is 4. The van der Waals surface area contributed by atoms with Gasteiger partial charge >= 0.3 is 0 Å². The summed E-state index contributed by atoms with van der Waals surface area (Å²) in [5, 5.41) is 36.1. The number of phenolic OH excluding ortho intramolecular Hbond substituents is 1. The fourth-order valence-electron chi connectivity index (χ4n) is 5.40. The van der Waals surface area contributed by atoms with Crippen LogP contribution in [0.1, 0.15) is 37.3 Å². The van der Waals surface area contributed by atoms with Crippen LogP contribution in [-0.2, 0) is 11.8 Å². The number of rotatable bonds is 4. The normalized spacial score (nSPS) is 39.2. The Hall–Kier alpha value is -1.56. The van der Waals surface area contributed by atoms with E-state index in [4.69, 9.17) is 4.74 Å². The minimum absolute atomic E-state index is 0.0861. The van der Waals surface area contributed by atoms with Crippen LogP contribution in [0.2, 0.25) is 0 Å². The van der Waals surface area contributed by atoms with Crippen LogP contribution >= 0.6 is 0 Å². The number of aromatic hydroxyl groups is 1. The third kappa shape index (κ3) is 1.70. The van der Waals surface area contributed by atoms with Gasteiger partial charge in [0.2, 0.25) is 0 Å². The Balaban J connectivity index is 1.96. The molecule has 1 saturated carbocycles. The number of phenols is 1. The molecule has 5 nitrogen and oxygen atoms in total. The molecule has 0 unspecified atom stereocenters. The fourth-order valence-corrected chi connectivity index (χ4v) is 5.40. The topological polar surface area (TPSA) is 82.0 Å². The molecule has 1 aromatic carbocycles. The van der Waals surface area contributed by atoms with Crippen molar-refractivity contribution in [2.75, 3.05) is 6.54 Å². The maximum Gasteiger partial charge on any atom is 0.165 e. The molecule has 3 aliphatic rings. The van der Waals surface area contributed by atoms with Gasteiger partial charge in [0.05, 0.1) is 17.1 Å². The van der Waals surface area contributed by atoms with E-state index >= 15 is 0 Å². The van der Waals surface area contributed by atoms with E-state index in [1.165, 1.54) is 0 Å². The van der Waals surface area contributed by atoms with Crippen LogP contribution < -0.4 is 10.1 Å². The molecular formula is C19H25NO4. The molecular weight excluding hydrogens is 306 g/mol. The predicted molar refractivity (Wildman–Crippen MR) is 90.4 cm³/mol. The first-order chi connectivity index (χ1) is 11.5. The summed E-state index contributed by atoms with van der Waals surface area (Å²) in [6, 6.07) is 3.42. The summed E-state index contributed by atoms with van der Waals surface area (Å²) in [5.74, 6) is 0.531.